The summed E-state index contributed by atoms with van der Waals surface area (Å²) < 4.78 is 38.9. The van der Waals surface area contributed by atoms with Crippen LogP contribution in [0.15, 0.2) is 11.5 Å². The molecule has 0 bridgehead atoms. The molecule has 0 aromatic heterocycles. The van der Waals surface area contributed by atoms with Crippen LogP contribution in [0.25, 0.3) is 0 Å². The Morgan fingerprint density at radius 3 is 1.66 bits per heavy atom. The van der Waals surface area contributed by atoms with Crippen LogP contribution < -0.4 is 21.3 Å². The second-order valence-electron chi connectivity index (χ2n) is 13.7. The second kappa shape index (κ2) is 18.4. The second-order valence-corrected chi connectivity index (χ2v) is 15.6. The van der Waals surface area contributed by atoms with Crippen LogP contribution in [-0.4, -0.2) is 98.2 Å². The molecule has 0 saturated carbocycles. The maximum atomic E-state index is 13.1. The van der Waals surface area contributed by atoms with Crippen molar-refractivity contribution in [2.75, 3.05) is 12.8 Å². The third-order valence-corrected chi connectivity index (χ3v) is 5.85. The van der Waals surface area contributed by atoms with Gasteiger partial charge in [0.2, 0.25) is 24.1 Å². The highest BCUT2D eigenvalue weighted by molar-refractivity contribution is 7.93. The van der Waals surface area contributed by atoms with E-state index in [4.69, 9.17) is 14.2 Å². The molecule has 0 aliphatic carbocycles. The molecule has 4 amide bonds. The summed E-state index contributed by atoms with van der Waals surface area (Å²) in [5, 5.41) is 10.1. The lowest BCUT2D eigenvalue weighted by atomic mass is 10.1. The van der Waals surface area contributed by atoms with Gasteiger partial charge in [-0.15, -0.1) is 0 Å². The Kier molecular flexibility index (Phi) is 16.8. The van der Waals surface area contributed by atoms with E-state index in [9.17, 15) is 42.0 Å². The minimum Gasteiger partial charge on any atom is -0.460 e. The van der Waals surface area contributed by atoms with Gasteiger partial charge in [0.15, 0.2) is 9.84 Å². The van der Waals surface area contributed by atoms with E-state index in [0.29, 0.717) is 0 Å². The van der Waals surface area contributed by atoms with Crippen molar-refractivity contribution in [2.45, 2.75) is 123 Å². The first-order chi connectivity index (χ1) is 21.2. The van der Waals surface area contributed by atoms with Crippen molar-refractivity contribution in [1.29, 1.82) is 0 Å². The van der Waals surface area contributed by atoms with Crippen molar-refractivity contribution in [1.82, 2.24) is 21.3 Å². The molecule has 0 aromatic rings. The van der Waals surface area contributed by atoms with E-state index in [-0.39, 0.29) is 19.3 Å². The zero-order chi connectivity index (χ0) is 36.8. The van der Waals surface area contributed by atoms with Crippen LogP contribution in [0.4, 0.5) is 0 Å². The lowest BCUT2D eigenvalue weighted by Gasteiger charge is -2.24. The first kappa shape index (κ1) is 43.0. The Morgan fingerprint density at radius 2 is 1.19 bits per heavy atom. The summed E-state index contributed by atoms with van der Waals surface area (Å²) in [6.07, 6.45) is 0.616. The molecule has 17 heteroatoms. The van der Waals surface area contributed by atoms with Crippen molar-refractivity contribution in [3.63, 3.8) is 0 Å². The van der Waals surface area contributed by atoms with Gasteiger partial charge in [0.05, 0.1) is 25.4 Å². The minimum atomic E-state index is -3.62. The fourth-order valence-electron chi connectivity index (χ4n) is 3.57. The van der Waals surface area contributed by atoms with Crippen LogP contribution in [0, 0.1) is 0 Å². The quantitative estimate of drug-likeness (QED) is 0.0920. The summed E-state index contributed by atoms with van der Waals surface area (Å²) in [6.45, 7) is 14.0. The number of hydrogen-bond donors (Lipinski definition) is 4. The van der Waals surface area contributed by atoms with Crippen LogP contribution in [0.5, 0.6) is 0 Å². The first-order valence-corrected chi connectivity index (χ1v) is 16.8. The van der Waals surface area contributed by atoms with Crippen LogP contribution >= 0.6 is 0 Å². The first-order valence-electron chi connectivity index (χ1n) is 14.8. The van der Waals surface area contributed by atoms with Crippen molar-refractivity contribution < 1.29 is 56.2 Å². The predicted octanol–water partition coefficient (Wildman–Crippen LogP) is 0.331. The normalized spacial score (nSPS) is 14.2. The Bertz CT molecular complexity index is 1270. The maximum absolute atomic E-state index is 13.1. The molecule has 0 fully saturated rings. The van der Waals surface area contributed by atoms with Gasteiger partial charge in [-0.1, -0.05) is 6.08 Å². The summed E-state index contributed by atoms with van der Waals surface area (Å²) in [5.74, 6) is -4.88. The SMILES string of the molecule is CC(C)(C)OC(=O)CCC(NC(=O)[C@H](CC(=O)OC(C)(C)C)NC=O)C(=O)NCC(=O)NC(/C=C/S(C)(=O)=O)CC(=O)OC(C)(C)C. The van der Waals surface area contributed by atoms with Gasteiger partial charge in [-0.05, 0) is 68.7 Å². The van der Waals surface area contributed by atoms with Gasteiger partial charge in [0, 0.05) is 18.1 Å². The van der Waals surface area contributed by atoms with E-state index in [1.807, 2.05) is 0 Å². The number of amides is 4. The highest BCUT2D eigenvalue weighted by atomic mass is 32.2. The van der Waals surface area contributed by atoms with Crippen LogP contribution in [-0.2, 0) is 57.6 Å². The van der Waals surface area contributed by atoms with Gasteiger partial charge in [0.1, 0.15) is 28.9 Å². The highest BCUT2D eigenvalue weighted by Gasteiger charge is 2.30. The number of carbonyl (C=O) groups excluding carboxylic acids is 7. The van der Waals surface area contributed by atoms with E-state index in [0.717, 1.165) is 17.7 Å². The molecule has 0 aliphatic rings. The monoisotopic (exact) mass is 690 g/mol. The summed E-state index contributed by atoms with van der Waals surface area (Å²) in [4.78, 5) is 87.0. The fourth-order valence-corrected chi connectivity index (χ4v) is 4.05. The Labute approximate surface area is 276 Å². The van der Waals surface area contributed by atoms with Crippen molar-refractivity contribution in [3.05, 3.63) is 11.5 Å². The van der Waals surface area contributed by atoms with Crippen molar-refractivity contribution in [3.8, 4) is 0 Å². The van der Waals surface area contributed by atoms with E-state index in [1.165, 1.54) is 0 Å². The third kappa shape index (κ3) is 23.0. The smallest absolute Gasteiger partial charge is 0.308 e. The Hall–Kier alpha value is -4.02. The number of ether oxygens (including phenoxy) is 3. The molecule has 0 rings (SSSR count). The van der Waals surface area contributed by atoms with Gasteiger partial charge in [-0.25, -0.2) is 8.42 Å². The fraction of sp³-hybridized carbons (Fsp3) is 0.700. The molecule has 3 atom stereocenters. The average molecular weight is 691 g/mol. The molecule has 0 heterocycles. The van der Waals surface area contributed by atoms with E-state index >= 15 is 0 Å². The number of rotatable bonds is 17. The molecule has 0 aromatic carbocycles. The Morgan fingerprint density at radius 1 is 0.702 bits per heavy atom. The lowest BCUT2D eigenvalue weighted by Crippen LogP contribution is -2.54. The summed E-state index contributed by atoms with van der Waals surface area (Å²) in [7, 11) is -3.62. The number of sulfone groups is 1. The number of esters is 3. The molecule has 47 heavy (non-hydrogen) atoms. The number of hydrogen-bond acceptors (Lipinski definition) is 12. The molecule has 0 spiro atoms. The maximum Gasteiger partial charge on any atom is 0.308 e. The third-order valence-electron chi connectivity index (χ3n) is 5.20. The van der Waals surface area contributed by atoms with Crippen LogP contribution in [0.1, 0.15) is 88.0 Å². The summed E-state index contributed by atoms with van der Waals surface area (Å²) in [6, 6.07) is -3.98. The molecule has 4 N–H and O–H groups in total. The summed E-state index contributed by atoms with van der Waals surface area (Å²) >= 11 is 0. The van der Waals surface area contributed by atoms with Crippen molar-refractivity contribution in [2.24, 2.45) is 0 Å². The zero-order valence-electron chi connectivity index (χ0n) is 28.8. The Balaban J connectivity index is 5.82. The molecular formula is C30H50N4O12S. The van der Waals surface area contributed by atoms with Gasteiger partial charge in [0.25, 0.3) is 0 Å². The highest BCUT2D eigenvalue weighted by Crippen LogP contribution is 2.13. The molecule has 2 unspecified atom stereocenters. The van der Waals surface area contributed by atoms with Crippen molar-refractivity contribution >= 4 is 51.9 Å². The van der Waals surface area contributed by atoms with Crippen LogP contribution in [0.3, 0.4) is 0 Å². The van der Waals surface area contributed by atoms with Gasteiger partial charge in [-0.3, -0.25) is 33.6 Å². The predicted molar refractivity (Wildman–Crippen MR) is 170 cm³/mol. The standard InChI is InChI=1S/C30H50N4O12S/c1-28(2,3)44-23(37)12-11-20(34-27(41)21(32-18-35)16-25(39)46-30(7,8)9)26(40)31-17-22(36)33-19(13-14-47(10,42)43)15-24(38)45-29(4,5)6/h13-14,18-21H,11-12,15-17H2,1-10H3,(H,31,40)(H,32,35)(H,33,36)(H,34,41)/b14-13+/t19?,20?,21-/m0/s1. The molecular weight excluding hydrogens is 640 g/mol. The van der Waals surface area contributed by atoms with Gasteiger partial charge < -0.3 is 35.5 Å². The molecule has 0 radical (unpaired) electrons. The molecule has 0 saturated heterocycles. The topological polar surface area (TPSA) is 229 Å². The summed E-state index contributed by atoms with van der Waals surface area (Å²) in [5.41, 5.74) is -2.54. The van der Waals surface area contributed by atoms with E-state index in [1.54, 1.807) is 62.3 Å². The van der Waals surface area contributed by atoms with Crippen LogP contribution in [0.2, 0.25) is 0 Å². The van der Waals surface area contributed by atoms with E-state index in [2.05, 4.69) is 21.3 Å². The molecule has 0 aliphatic heterocycles. The van der Waals surface area contributed by atoms with Gasteiger partial charge >= 0.3 is 17.9 Å². The minimum absolute atomic E-state index is 0.195. The largest absolute Gasteiger partial charge is 0.460 e. The lowest BCUT2D eigenvalue weighted by molar-refractivity contribution is -0.157. The average Bonchev–Trinajstić information content (AvgIpc) is 2.84. The zero-order valence-corrected chi connectivity index (χ0v) is 29.6. The van der Waals surface area contributed by atoms with Gasteiger partial charge in [-0.2, -0.15) is 0 Å². The van der Waals surface area contributed by atoms with E-state index < -0.39 is 99.8 Å². The molecule has 268 valence electrons. The molecule has 16 nitrogen and oxygen atoms in total. The number of carbonyl (C=O) groups is 7. The number of nitrogens with one attached hydrogen (secondary N) is 4.